The predicted octanol–water partition coefficient (Wildman–Crippen LogP) is 2.46. The molecular weight excluding hydrogens is 224 g/mol. The van der Waals surface area contributed by atoms with E-state index in [0.717, 1.165) is 25.3 Å². The second-order valence-electron chi connectivity index (χ2n) is 6.31. The average molecular weight is 252 g/mol. The summed E-state index contributed by atoms with van der Waals surface area (Å²) in [4.78, 5) is 12.2. The van der Waals surface area contributed by atoms with Crippen LogP contribution in [0.2, 0.25) is 0 Å². The van der Waals surface area contributed by atoms with E-state index >= 15 is 0 Å². The first-order chi connectivity index (χ1) is 8.66. The van der Waals surface area contributed by atoms with Crippen LogP contribution in [0.4, 0.5) is 0 Å². The zero-order valence-electron chi connectivity index (χ0n) is 11.9. The minimum atomic E-state index is 0.271. The predicted molar refractivity (Wildman–Crippen MR) is 74.4 cm³/mol. The van der Waals surface area contributed by atoms with Crippen molar-refractivity contribution in [3.63, 3.8) is 0 Å². The number of hydrogen-bond donors (Lipinski definition) is 2. The molecule has 1 saturated carbocycles. The molecule has 104 valence electrons. The highest BCUT2D eigenvalue weighted by Crippen LogP contribution is 2.28. The van der Waals surface area contributed by atoms with Crippen LogP contribution in [0.15, 0.2) is 0 Å². The smallest absolute Gasteiger partial charge is 0.223 e. The number of nitrogens with one attached hydrogen (secondary N) is 2. The molecule has 3 nitrogen and oxygen atoms in total. The van der Waals surface area contributed by atoms with E-state index in [2.05, 4.69) is 24.5 Å². The lowest BCUT2D eigenvalue weighted by Crippen LogP contribution is -2.51. The first kappa shape index (κ1) is 13.9. The standard InChI is InChI=1S/C15H28N2O/c1-11-6-8-13(9-7-11)15(18)17-12(2)14-5-3-4-10-16-14/h11-14,16H,3-10H2,1-2H3,(H,17,18). The first-order valence-corrected chi connectivity index (χ1v) is 7.70. The summed E-state index contributed by atoms with van der Waals surface area (Å²) in [5.74, 6) is 1.38. The number of piperidine rings is 1. The lowest BCUT2D eigenvalue weighted by molar-refractivity contribution is -0.127. The van der Waals surface area contributed by atoms with E-state index < -0.39 is 0 Å². The molecule has 0 aromatic heterocycles. The van der Waals surface area contributed by atoms with Crippen molar-refractivity contribution < 1.29 is 4.79 Å². The van der Waals surface area contributed by atoms with Gasteiger partial charge < -0.3 is 10.6 Å². The third kappa shape index (κ3) is 3.71. The molecule has 1 saturated heterocycles. The van der Waals surface area contributed by atoms with Gasteiger partial charge in [0.15, 0.2) is 0 Å². The van der Waals surface area contributed by atoms with Crippen LogP contribution < -0.4 is 10.6 Å². The minimum absolute atomic E-state index is 0.271. The van der Waals surface area contributed by atoms with E-state index in [1.54, 1.807) is 0 Å². The average Bonchev–Trinajstić information content (AvgIpc) is 2.40. The summed E-state index contributed by atoms with van der Waals surface area (Å²) in [6, 6.07) is 0.752. The molecule has 2 aliphatic rings. The van der Waals surface area contributed by atoms with E-state index in [4.69, 9.17) is 0 Å². The minimum Gasteiger partial charge on any atom is -0.352 e. The molecule has 1 aliphatic heterocycles. The Labute approximate surface area is 111 Å². The zero-order valence-corrected chi connectivity index (χ0v) is 11.9. The van der Waals surface area contributed by atoms with Crippen molar-refractivity contribution >= 4 is 5.91 Å². The van der Waals surface area contributed by atoms with E-state index in [1.165, 1.54) is 32.1 Å². The van der Waals surface area contributed by atoms with Gasteiger partial charge in [0.1, 0.15) is 0 Å². The fourth-order valence-electron chi connectivity index (χ4n) is 3.27. The summed E-state index contributed by atoms with van der Waals surface area (Å²) < 4.78 is 0. The third-order valence-electron chi connectivity index (χ3n) is 4.71. The maximum atomic E-state index is 12.2. The molecular formula is C15H28N2O. The number of amides is 1. The van der Waals surface area contributed by atoms with Crippen molar-refractivity contribution in [1.82, 2.24) is 10.6 Å². The van der Waals surface area contributed by atoms with Gasteiger partial charge in [-0.3, -0.25) is 4.79 Å². The van der Waals surface area contributed by atoms with Crippen LogP contribution in [0.25, 0.3) is 0 Å². The molecule has 0 radical (unpaired) electrons. The zero-order chi connectivity index (χ0) is 13.0. The van der Waals surface area contributed by atoms with Gasteiger partial charge in [-0.05, 0) is 57.9 Å². The van der Waals surface area contributed by atoms with Gasteiger partial charge >= 0.3 is 0 Å². The van der Waals surface area contributed by atoms with Gasteiger partial charge in [-0.1, -0.05) is 13.3 Å². The van der Waals surface area contributed by atoms with Crippen LogP contribution >= 0.6 is 0 Å². The van der Waals surface area contributed by atoms with Gasteiger partial charge in [0.2, 0.25) is 5.91 Å². The normalized spacial score (nSPS) is 34.9. The first-order valence-electron chi connectivity index (χ1n) is 7.70. The lowest BCUT2D eigenvalue weighted by Gasteiger charge is -2.32. The lowest BCUT2D eigenvalue weighted by atomic mass is 9.82. The van der Waals surface area contributed by atoms with Crippen LogP contribution in [0.5, 0.6) is 0 Å². The summed E-state index contributed by atoms with van der Waals surface area (Å²) in [6.07, 6.45) is 8.36. The van der Waals surface area contributed by atoms with Crippen molar-refractivity contribution in [2.45, 2.75) is 70.9 Å². The molecule has 0 aromatic rings. The third-order valence-corrected chi connectivity index (χ3v) is 4.71. The Balaban J connectivity index is 1.75. The second-order valence-corrected chi connectivity index (χ2v) is 6.31. The quantitative estimate of drug-likeness (QED) is 0.810. The fraction of sp³-hybridized carbons (Fsp3) is 0.933. The molecule has 0 bridgehead atoms. The van der Waals surface area contributed by atoms with Crippen molar-refractivity contribution in [2.24, 2.45) is 11.8 Å². The molecule has 1 aliphatic carbocycles. The maximum absolute atomic E-state index is 12.2. The molecule has 0 spiro atoms. The van der Waals surface area contributed by atoms with E-state index in [1.807, 2.05) is 0 Å². The van der Waals surface area contributed by atoms with Crippen LogP contribution in [-0.2, 0) is 4.79 Å². The van der Waals surface area contributed by atoms with Gasteiger partial charge in [-0.15, -0.1) is 0 Å². The van der Waals surface area contributed by atoms with Crippen LogP contribution in [-0.4, -0.2) is 24.5 Å². The highest BCUT2D eigenvalue weighted by Gasteiger charge is 2.27. The van der Waals surface area contributed by atoms with Crippen molar-refractivity contribution in [3.05, 3.63) is 0 Å². The molecule has 2 N–H and O–H groups in total. The Morgan fingerprint density at radius 3 is 2.50 bits per heavy atom. The van der Waals surface area contributed by atoms with Crippen molar-refractivity contribution in [1.29, 1.82) is 0 Å². The Morgan fingerprint density at radius 2 is 1.89 bits per heavy atom. The van der Waals surface area contributed by atoms with E-state index in [-0.39, 0.29) is 12.0 Å². The highest BCUT2D eigenvalue weighted by molar-refractivity contribution is 5.79. The molecule has 3 heteroatoms. The monoisotopic (exact) mass is 252 g/mol. The van der Waals surface area contributed by atoms with Crippen molar-refractivity contribution in [3.8, 4) is 0 Å². The van der Waals surface area contributed by atoms with E-state index in [9.17, 15) is 4.79 Å². The number of carbonyl (C=O) groups excluding carboxylic acids is 1. The summed E-state index contributed by atoms with van der Waals surface area (Å²) in [7, 11) is 0. The number of rotatable bonds is 3. The van der Waals surface area contributed by atoms with Crippen LogP contribution in [0.1, 0.15) is 58.8 Å². The SMILES string of the molecule is CC1CCC(C(=O)NC(C)C2CCCCN2)CC1. The molecule has 2 rings (SSSR count). The fourth-order valence-corrected chi connectivity index (χ4v) is 3.27. The number of carbonyl (C=O) groups is 1. The summed E-state index contributed by atoms with van der Waals surface area (Å²) in [5, 5.41) is 6.75. The Bertz CT molecular complexity index is 266. The summed E-state index contributed by atoms with van der Waals surface area (Å²) in [5.41, 5.74) is 0. The summed E-state index contributed by atoms with van der Waals surface area (Å²) in [6.45, 7) is 5.54. The van der Waals surface area contributed by atoms with Gasteiger partial charge in [0.25, 0.3) is 0 Å². The molecule has 0 aromatic carbocycles. The molecule has 2 fully saturated rings. The Hall–Kier alpha value is -0.570. The molecule has 2 unspecified atom stereocenters. The highest BCUT2D eigenvalue weighted by atomic mass is 16.1. The molecule has 1 amide bonds. The van der Waals surface area contributed by atoms with Crippen molar-refractivity contribution in [2.75, 3.05) is 6.54 Å². The summed E-state index contributed by atoms with van der Waals surface area (Å²) >= 11 is 0. The Kier molecular flexibility index (Phi) is 5.04. The van der Waals surface area contributed by atoms with Crippen LogP contribution in [0.3, 0.4) is 0 Å². The van der Waals surface area contributed by atoms with Gasteiger partial charge in [0, 0.05) is 18.0 Å². The van der Waals surface area contributed by atoms with Gasteiger partial charge in [-0.25, -0.2) is 0 Å². The largest absolute Gasteiger partial charge is 0.352 e. The Morgan fingerprint density at radius 1 is 1.17 bits per heavy atom. The topological polar surface area (TPSA) is 41.1 Å². The number of hydrogen-bond acceptors (Lipinski definition) is 2. The molecule has 18 heavy (non-hydrogen) atoms. The van der Waals surface area contributed by atoms with Gasteiger partial charge in [-0.2, -0.15) is 0 Å². The van der Waals surface area contributed by atoms with Gasteiger partial charge in [0.05, 0.1) is 0 Å². The second kappa shape index (κ2) is 6.55. The maximum Gasteiger partial charge on any atom is 0.223 e. The van der Waals surface area contributed by atoms with Crippen LogP contribution in [0, 0.1) is 11.8 Å². The van der Waals surface area contributed by atoms with E-state index in [0.29, 0.717) is 11.9 Å². The molecule has 2 atom stereocenters. The molecule has 1 heterocycles.